The Hall–Kier alpha value is -4.15. The first-order valence-electron chi connectivity index (χ1n) is 16.6. The van der Waals surface area contributed by atoms with Gasteiger partial charge in [-0.2, -0.15) is 0 Å². The first-order valence-corrected chi connectivity index (χ1v) is 16.6. The van der Waals surface area contributed by atoms with Gasteiger partial charge in [-0.1, -0.05) is 18.2 Å². The van der Waals surface area contributed by atoms with Gasteiger partial charge in [0.25, 0.3) is 5.91 Å². The van der Waals surface area contributed by atoms with Crippen molar-refractivity contribution in [3.05, 3.63) is 83.2 Å². The smallest absolute Gasteiger partial charge is 0.415 e. The number of nitrogens with one attached hydrogen (secondary N) is 1. The third-order valence-corrected chi connectivity index (χ3v) is 9.23. The number of aliphatic hydroxyl groups is 6. The minimum Gasteiger partial charge on any atom is -0.493 e. The lowest BCUT2D eigenvalue weighted by Gasteiger charge is -2.37. The van der Waals surface area contributed by atoms with E-state index in [2.05, 4.69) is 10.2 Å². The summed E-state index contributed by atoms with van der Waals surface area (Å²) >= 11 is 0. The largest absolute Gasteiger partial charge is 0.493 e. The number of nitrogens with zero attached hydrogens (tertiary/aromatic N) is 2. The number of carbonyl (C=O) groups excluding carboxylic acids is 2. The van der Waals surface area contributed by atoms with E-state index < -0.39 is 55.2 Å². The second kappa shape index (κ2) is 16.2. The van der Waals surface area contributed by atoms with E-state index in [1.54, 1.807) is 24.3 Å². The van der Waals surface area contributed by atoms with Crippen LogP contribution in [0.25, 0.3) is 11.1 Å². The molecule has 2 saturated heterocycles. The maximum atomic E-state index is 13.6. The van der Waals surface area contributed by atoms with Gasteiger partial charge in [-0.15, -0.1) is 0 Å². The predicted octanol–water partition coefficient (Wildman–Crippen LogP) is 1.54. The average Bonchev–Trinajstić information content (AvgIpc) is 3.45. The number of piperidine rings is 1. The van der Waals surface area contributed by atoms with Crippen LogP contribution >= 0.6 is 0 Å². The number of halogens is 1. The van der Waals surface area contributed by atoms with Crippen molar-refractivity contribution in [1.29, 1.82) is 0 Å². The molecule has 2 heterocycles. The number of aliphatic hydroxyl groups excluding tert-OH is 6. The lowest BCUT2D eigenvalue weighted by atomic mass is 9.90. The Morgan fingerprint density at radius 2 is 1.64 bits per heavy atom. The fourth-order valence-electron chi connectivity index (χ4n) is 6.40. The number of anilines is 1. The fourth-order valence-corrected chi connectivity index (χ4v) is 6.40. The van der Waals surface area contributed by atoms with Crippen LogP contribution in [-0.2, 0) is 17.9 Å². The fraction of sp³-hybridized carbons (Fsp3) is 0.444. The highest BCUT2D eigenvalue weighted by Crippen LogP contribution is 2.38. The van der Waals surface area contributed by atoms with E-state index >= 15 is 0 Å². The Balaban J connectivity index is 1.17. The maximum Gasteiger partial charge on any atom is 0.415 e. The van der Waals surface area contributed by atoms with E-state index in [1.165, 1.54) is 29.2 Å². The van der Waals surface area contributed by atoms with Crippen LogP contribution in [0.1, 0.15) is 41.3 Å². The van der Waals surface area contributed by atoms with Crippen LogP contribution in [-0.4, -0.2) is 117 Å². The highest BCUT2D eigenvalue weighted by molar-refractivity contribution is 5.96. The summed E-state index contributed by atoms with van der Waals surface area (Å²) in [6.45, 7) is 3.11. The summed E-state index contributed by atoms with van der Waals surface area (Å²) in [5, 5.41) is 60.8. The molecule has 2 fully saturated rings. The van der Waals surface area contributed by atoms with Gasteiger partial charge in [0.1, 0.15) is 35.5 Å². The molecule has 3 aromatic rings. The highest BCUT2D eigenvalue weighted by atomic mass is 19.1. The Kier molecular flexibility index (Phi) is 12.1. The summed E-state index contributed by atoms with van der Waals surface area (Å²) < 4.78 is 25.5. The monoisotopic (exact) mass is 697 g/mol. The van der Waals surface area contributed by atoms with Gasteiger partial charge < -0.3 is 45.4 Å². The number of ether oxygens (including phenoxy) is 2. The standard InChI is InChI=1S/C36H44FN3O10/c1-2-49-30-16-22(15-25(19-41)31(30)23-3-7-26(37)8-4-23)18-39-13-11-36(12-14-39)21-40(35(48)50-36)27-9-5-24(6-10-27)34(47)38-17-28(43)32(45)33(46)29(44)20-42/h3-10,15-16,28-29,32-33,41-46H,2,11-14,17-21H2,1H3,(H,38,47). The zero-order valence-corrected chi connectivity index (χ0v) is 27.7. The molecule has 4 atom stereocenters. The normalized spacial score (nSPS) is 18.4. The van der Waals surface area contributed by atoms with E-state index in [1.807, 2.05) is 19.1 Å². The zero-order valence-electron chi connectivity index (χ0n) is 27.7. The van der Waals surface area contributed by atoms with Gasteiger partial charge in [0, 0.05) is 55.8 Å². The second-order valence-electron chi connectivity index (χ2n) is 12.7. The van der Waals surface area contributed by atoms with Crippen LogP contribution < -0.4 is 15.0 Å². The topological polar surface area (TPSA) is 192 Å². The molecule has 0 radical (unpaired) electrons. The van der Waals surface area contributed by atoms with Gasteiger partial charge in [-0.25, -0.2) is 9.18 Å². The third-order valence-electron chi connectivity index (χ3n) is 9.23. The summed E-state index contributed by atoms with van der Waals surface area (Å²) in [5.41, 5.74) is 3.22. The summed E-state index contributed by atoms with van der Waals surface area (Å²) in [4.78, 5) is 29.4. The number of hydrogen-bond acceptors (Lipinski definition) is 11. The molecule has 5 rings (SSSR count). The molecular weight excluding hydrogens is 653 g/mol. The molecule has 0 aromatic heterocycles. The molecule has 1 spiro atoms. The Bertz CT molecular complexity index is 1620. The summed E-state index contributed by atoms with van der Waals surface area (Å²) in [6.07, 6.45) is -6.13. The molecule has 2 aliphatic heterocycles. The van der Waals surface area contributed by atoms with Crippen LogP contribution in [0.5, 0.6) is 5.75 Å². The molecule has 4 unspecified atom stereocenters. The number of benzene rings is 3. The molecule has 270 valence electrons. The summed E-state index contributed by atoms with van der Waals surface area (Å²) in [5.74, 6) is -0.304. The minimum absolute atomic E-state index is 0.211. The number of hydrogen-bond donors (Lipinski definition) is 7. The van der Waals surface area contributed by atoms with Crippen LogP contribution in [0, 0.1) is 5.82 Å². The molecule has 50 heavy (non-hydrogen) atoms. The lowest BCUT2D eigenvalue weighted by Crippen LogP contribution is -2.49. The Morgan fingerprint density at radius 3 is 2.26 bits per heavy atom. The van der Waals surface area contributed by atoms with E-state index in [4.69, 9.17) is 14.6 Å². The van der Waals surface area contributed by atoms with Gasteiger partial charge in [-0.05, 0) is 66.1 Å². The lowest BCUT2D eigenvalue weighted by molar-refractivity contribution is -0.113. The SMILES string of the molecule is CCOc1cc(CN2CCC3(CC2)CN(c2ccc(C(=O)NCC(O)C(O)C(O)C(O)CO)cc2)C(=O)O3)cc(CO)c1-c1ccc(F)cc1. The molecule has 0 aliphatic carbocycles. The molecule has 14 heteroatoms. The first kappa shape index (κ1) is 37.1. The number of rotatable bonds is 14. The highest BCUT2D eigenvalue weighted by Gasteiger charge is 2.47. The predicted molar refractivity (Wildman–Crippen MR) is 180 cm³/mol. The van der Waals surface area contributed by atoms with Crippen LogP contribution in [0.15, 0.2) is 60.7 Å². The van der Waals surface area contributed by atoms with Gasteiger partial charge >= 0.3 is 6.09 Å². The van der Waals surface area contributed by atoms with E-state index in [0.29, 0.717) is 62.6 Å². The Labute approximate surface area is 289 Å². The molecule has 0 bridgehead atoms. The quantitative estimate of drug-likeness (QED) is 0.129. The molecular formula is C36H44FN3O10. The average molecular weight is 698 g/mol. The van der Waals surface area contributed by atoms with Gasteiger partial charge in [0.05, 0.1) is 32.5 Å². The molecule has 2 amide bonds. The van der Waals surface area contributed by atoms with E-state index in [0.717, 1.165) is 16.7 Å². The zero-order chi connectivity index (χ0) is 36.0. The molecule has 0 saturated carbocycles. The van der Waals surface area contributed by atoms with Crippen molar-refractivity contribution in [2.45, 2.75) is 62.9 Å². The van der Waals surface area contributed by atoms with Crippen molar-refractivity contribution < 1.29 is 54.1 Å². The van der Waals surface area contributed by atoms with Crippen LogP contribution in [0.4, 0.5) is 14.9 Å². The van der Waals surface area contributed by atoms with Crippen molar-refractivity contribution in [3.63, 3.8) is 0 Å². The second-order valence-corrected chi connectivity index (χ2v) is 12.7. The summed E-state index contributed by atoms with van der Waals surface area (Å²) in [6, 6.07) is 16.2. The first-order chi connectivity index (χ1) is 24.0. The van der Waals surface area contributed by atoms with Crippen molar-refractivity contribution in [2.75, 3.05) is 44.3 Å². The van der Waals surface area contributed by atoms with E-state index in [9.17, 15) is 39.5 Å². The van der Waals surface area contributed by atoms with Crippen LogP contribution in [0.3, 0.4) is 0 Å². The van der Waals surface area contributed by atoms with Crippen molar-refractivity contribution in [2.24, 2.45) is 0 Å². The third kappa shape index (κ3) is 8.41. The molecule has 2 aliphatic rings. The van der Waals surface area contributed by atoms with Crippen molar-refractivity contribution in [3.8, 4) is 16.9 Å². The van der Waals surface area contributed by atoms with E-state index in [-0.39, 0.29) is 18.0 Å². The van der Waals surface area contributed by atoms with Crippen LogP contribution in [0.2, 0.25) is 0 Å². The minimum atomic E-state index is -1.80. The molecule has 13 nitrogen and oxygen atoms in total. The van der Waals surface area contributed by atoms with Gasteiger partial charge in [0.2, 0.25) is 0 Å². The maximum absolute atomic E-state index is 13.6. The molecule has 7 N–H and O–H groups in total. The Morgan fingerprint density at radius 1 is 0.980 bits per heavy atom. The summed E-state index contributed by atoms with van der Waals surface area (Å²) in [7, 11) is 0. The number of carbonyl (C=O) groups is 2. The number of amides is 2. The molecule has 3 aromatic carbocycles. The van der Waals surface area contributed by atoms with Gasteiger partial charge in [0.15, 0.2) is 0 Å². The van der Waals surface area contributed by atoms with Crippen molar-refractivity contribution in [1.82, 2.24) is 10.2 Å². The number of likely N-dealkylation sites (tertiary alicyclic amines) is 1. The van der Waals surface area contributed by atoms with Gasteiger partial charge in [-0.3, -0.25) is 14.6 Å². The van der Waals surface area contributed by atoms with Crippen molar-refractivity contribution >= 4 is 17.7 Å².